The van der Waals surface area contributed by atoms with Gasteiger partial charge in [0.05, 0.1) is 23.6 Å². The third-order valence-corrected chi connectivity index (χ3v) is 5.89. The summed E-state index contributed by atoms with van der Waals surface area (Å²) in [7, 11) is 0. The van der Waals surface area contributed by atoms with Crippen molar-refractivity contribution in [3.8, 4) is 0 Å². The van der Waals surface area contributed by atoms with Crippen LogP contribution < -0.4 is 4.90 Å². The van der Waals surface area contributed by atoms with Crippen LogP contribution >= 0.6 is 11.3 Å². The van der Waals surface area contributed by atoms with Gasteiger partial charge in [-0.2, -0.15) is 5.10 Å². The summed E-state index contributed by atoms with van der Waals surface area (Å²) >= 11 is 1.67. The molecule has 3 aromatic rings. The van der Waals surface area contributed by atoms with Gasteiger partial charge < -0.3 is 4.90 Å². The van der Waals surface area contributed by atoms with E-state index in [0.717, 1.165) is 55.4 Å². The number of hydrogen-bond acceptors (Lipinski definition) is 5. The van der Waals surface area contributed by atoms with Gasteiger partial charge in [-0.15, -0.1) is 11.3 Å². The molecule has 25 heavy (non-hydrogen) atoms. The number of carbonyl (C=O) groups excluding carboxylic acids is 1. The second kappa shape index (κ2) is 5.96. The first kappa shape index (κ1) is 15.1. The van der Waals surface area contributed by atoms with Crippen LogP contribution in [0, 0.1) is 0 Å². The van der Waals surface area contributed by atoms with E-state index in [4.69, 9.17) is 0 Å². The van der Waals surface area contributed by atoms with E-state index in [-0.39, 0.29) is 5.91 Å². The minimum absolute atomic E-state index is 0.215. The molecule has 2 aliphatic rings. The van der Waals surface area contributed by atoms with E-state index < -0.39 is 0 Å². The van der Waals surface area contributed by atoms with Crippen molar-refractivity contribution in [1.29, 1.82) is 0 Å². The van der Waals surface area contributed by atoms with Gasteiger partial charge in [0.15, 0.2) is 4.96 Å². The Labute approximate surface area is 149 Å². The van der Waals surface area contributed by atoms with Crippen LogP contribution in [0.2, 0.25) is 0 Å². The molecular formula is C17H20N6OS. The second-order valence-corrected chi connectivity index (χ2v) is 7.70. The molecule has 1 atom stereocenters. The Hall–Kier alpha value is -2.19. The maximum atomic E-state index is 11.9. The zero-order valence-corrected chi connectivity index (χ0v) is 14.7. The molecule has 7 nitrogen and oxygen atoms in total. The largest absolute Gasteiger partial charge is 0.309 e. The van der Waals surface area contributed by atoms with Crippen LogP contribution in [-0.4, -0.2) is 49.6 Å². The molecule has 8 heteroatoms. The van der Waals surface area contributed by atoms with Crippen LogP contribution in [0.4, 0.5) is 5.69 Å². The van der Waals surface area contributed by atoms with Crippen molar-refractivity contribution in [2.45, 2.75) is 31.8 Å². The van der Waals surface area contributed by atoms with Crippen molar-refractivity contribution >= 4 is 27.9 Å². The molecule has 3 aromatic heterocycles. The van der Waals surface area contributed by atoms with Gasteiger partial charge in [0.1, 0.15) is 0 Å². The highest BCUT2D eigenvalue weighted by atomic mass is 32.1. The average Bonchev–Trinajstić information content (AvgIpc) is 3.35. The number of rotatable bonds is 4. The summed E-state index contributed by atoms with van der Waals surface area (Å²) in [6.45, 7) is 3.72. The van der Waals surface area contributed by atoms with Crippen molar-refractivity contribution in [1.82, 2.24) is 24.1 Å². The first-order chi connectivity index (χ1) is 12.3. The van der Waals surface area contributed by atoms with E-state index in [9.17, 15) is 4.79 Å². The summed E-state index contributed by atoms with van der Waals surface area (Å²) in [5.41, 5.74) is 2.06. The molecule has 0 bridgehead atoms. The molecule has 2 saturated heterocycles. The lowest BCUT2D eigenvalue weighted by Gasteiger charge is -2.15. The van der Waals surface area contributed by atoms with E-state index in [0.29, 0.717) is 12.5 Å². The van der Waals surface area contributed by atoms with Gasteiger partial charge in [-0.05, 0) is 12.8 Å². The van der Waals surface area contributed by atoms with Crippen LogP contribution in [0.1, 0.15) is 31.0 Å². The van der Waals surface area contributed by atoms with E-state index >= 15 is 0 Å². The molecule has 2 fully saturated rings. The number of amides is 1. The maximum Gasteiger partial charge on any atom is 0.227 e. The summed E-state index contributed by atoms with van der Waals surface area (Å²) in [5, 5.41) is 6.58. The van der Waals surface area contributed by atoms with Crippen LogP contribution in [0.5, 0.6) is 0 Å². The van der Waals surface area contributed by atoms with Crippen molar-refractivity contribution < 1.29 is 4.79 Å². The number of nitrogens with zero attached hydrogens (tertiary/aromatic N) is 6. The lowest BCUT2D eigenvalue weighted by Crippen LogP contribution is -2.23. The summed E-state index contributed by atoms with van der Waals surface area (Å²) in [6.07, 6.45) is 10.7. The molecule has 130 valence electrons. The van der Waals surface area contributed by atoms with Crippen LogP contribution in [0.3, 0.4) is 0 Å². The predicted molar refractivity (Wildman–Crippen MR) is 95.8 cm³/mol. The number of likely N-dealkylation sites (tertiary alicyclic amines) is 1. The molecule has 0 saturated carbocycles. The molecule has 0 aromatic carbocycles. The fourth-order valence-electron chi connectivity index (χ4n) is 3.84. The van der Waals surface area contributed by atoms with Gasteiger partial charge in [0.2, 0.25) is 5.91 Å². The Morgan fingerprint density at radius 3 is 3.08 bits per heavy atom. The summed E-state index contributed by atoms with van der Waals surface area (Å²) < 4.78 is 4.12. The van der Waals surface area contributed by atoms with Crippen molar-refractivity contribution in [3.05, 3.63) is 35.9 Å². The average molecular weight is 356 g/mol. The number of carbonyl (C=O) groups is 1. The monoisotopic (exact) mass is 356 g/mol. The van der Waals surface area contributed by atoms with Gasteiger partial charge in [0.25, 0.3) is 0 Å². The first-order valence-electron chi connectivity index (χ1n) is 8.74. The van der Waals surface area contributed by atoms with Gasteiger partial charge in [-0.25, -0.2) is 4.98 Å². The maximum absolute atomic E-state index is 11.9. The molecule has 5 rings (SSSR count). The summed E-state index contributed by atoms with van der Waals surface area (Å²) in [4.78, 5) is 21.9. The summed E-state index contributed by atoms with van der Waals surface area (Å²) in [5.74, 6) is 0.215. The molecule has 0 radical (unpaired) electrons. The van der Waals surface area contributed by atoms with Gasteiger partial charge in [-0.3, -0.25) is 18.8 Å². The quantitative estimate of drug-likeness (QED) is 0.719. The topological polar surface area (TPSA) is 58.7 Å². The SMILES string of the molecule is O=C1CCCN1c1cnn(C2CCN(Cc3cn4ccsc4n3)C2)c1. The molecule has 1 unspecified atom stereocenters. The molecule has 1 amide bonds. The van der Waals surface area contributed by atoms with Crippen molar-refractivity contribution in [2.75, 3.05) is 24.5 Å². The number of imidazole rings is 1. The van der Waals surface area contributed by atoms with Crippen molar-refractivity contribution in [3.63, 3.8) is 0 Å². The number of aromatic nitrogens is 4. The van der Waals surface area contributed by atoms with Gasteiger partial charge in [-0.1, -0.05) is 0 Å². The van der Waals surface area contributed by atoms with E-state index in [2.05, 4.69) is 31.0 Å². The minimum Gasteiger partial charge on any atom is -0.309 e. The van der Waals surface area contributed by atoms with Gasteiger partial charge >= 0.3 is 0 Å². The normalized spacial score (nSPS) is 21.8. The Balaban J connectivity index is 1.25. The smallest absolute Gasteiger partial charge is 0.227 e. The fourth-order valence-corrected chi connectivity index (χ4v) is 4.56. The zero-order valence-electron chi connectivity index (χ0n) is 13.9. The van der Waals surface area contributed by atoms with E-state index in [1.165, 1.54) is 0 Å². The Morgan fingerprint density at radius 2 is 2.24 bits per heavy atom. The highest BCUT2D eigenvalue weighted by Crippen LogP contribution is 2.26. The third kappa shape index (κ3) is 2.75. The Bertz CT molecular complexity index is 883. The molecule has 0 spiro atoms. The number of hydrogen-bond donors (Lipinski definition) is 0. The Kier molecular flexibility index (Phi) is 3.60. The second-order valence-electron chi connectivity index (χ2n) is 6.83. The summed E-state index contributed by atoms with van der Waals surface area (Å²) in [6, 6.07) is 0.371. The number of thiazole rings is 1. The lowest BCUT2D eigenvalue weighted by atomic mass is 10.3. The highest BCUT2D eigenvalue weighted by Gasteiger charge is 2.27. The number of anilines is 1. The Morgan fingerprint density at radius 1 is 1.28 bits per heavy atom. The zero-order chi connectivity index (χ0) is 16.8. The molecular weight excluding hydrogens is 336 g/mol. The molecule has 5 heterocycles. The predicted octanol–water partition coefficient (Wildman–Crippen LogP) is 2.17. The number of fused-ring (bicyclic) bond motifs is 1. The van der Waals surface area contributed by atoms with Crippen LogP contribution in [-0.2, 0) is 11.3 Å². The fraction of sp³-hybridized carbons (Fsp3) is 0.471. The molecule has 2 aliphatic heterocycles. The van der Waals surface area contributed by atoms with Crippen LogP contribution in [0.15, 0.2) is 30.2 Å². The minimum atomic E-state index is 0.215. The van der Waals surface area contributed by atoms with E-state index in [1.807, 2.05) is 28.2 Å². The first-order valence-corrected chi connectivity index (χ1v) is 9.62. The standard InChI is InChI=1S/C17H20N6OS/c24-16-2-1-4-22(16)15-8-18-23(12-15)14-3-5-20(11-14)9-13-10-21-6-7-25-17(21)19-13/h6-8,10,12,14H,1-5,9,11H2. The van der Waals surface area contributed by atoms with Crippen LogP contribution in [0.25, 0.3) is 4.96 Å². The molecule has 0 aliphatic carbocycles. The van der Waals surface area contributed by atoms with Gasteiger partial charge in [0, 0.05) is 56.6 Å². The third-order valence-electron chi connectivity index (χ3n) is 5.12. The van der Waals surface area contributed by atoms with Crippen molar-refractivity contribution in [2.24, 2.45) is 0 Å². The van der Waals surface area contributed by atoms with E-state index in [1.54, 1.807) is 11.3 Å². The molecule has 0 N–H and O–H groups in total. The lowest BCUT2D eigenvalue weighted by molar-refractivity contribution is -0.117. The highest BCUT2D eigenvalue weighted by molar-refractivity contribution is 7.15.